The fourth-order valence-electron chi connectivity index (χ4n) is 3.84. The Bertz CT molecular complexity index is 721. The second-order valence-corrected chi connectivity index (χ2v) is 7.00. The number of ether oxygens (including phenoxy) is 2. The molecular weight excluding hydrogens is 302 g/mol. The second kappa shape index (κ2) is 6.57. The van der Waals surface area contributed by atoms with Crippen LogP contribution in [0.2, 0.25) is 0 Å². The van der Waals surface area contributed by atoms with E-state index in [1.54, 1.807) is 7.11 Å². The summed E-state index contributed by atoms with van der Waals surface area (Å²) in [6, 6.07) is 6.43. The minimum Gasteiger partial charge on any atom is -0.497 e. The maximum atomic E-state index is 6.03. The molecule has 2 aliphatic heterocycles. The topological polar surface area (TPSA) is 60.6 Å². The Hall–Kier alpha value is -1.85. The SMILES string of the molecule is COc1ccc2ncc3c(c2c1)CC(CN1CCC(N)CC1)CO3. The van der Waals surface area contributed by atoms with Crippen molar-refractivity contribution in [2.75, 3.05) is 33.4 Å². The molecule has 1 atom stereocenters. The summed E-state index contributed by atoms with van der Waals surface area (Å²) < 4.78 is 11.4. The number of likely N-dealkylation sites (tertiary alicyclic amines) is 1. The number of rotatable bonds is 3. The van der Waals surface area contributed by atoms with Gasteiger partial charge in [-0.3, -0.25) is 4.98 Å². The van der Waals surface area contributed by atoms with E-state index in [1.807, 2.05) is 18.3 Å². The molecule has 2 aromatic rings. The van der Waals surface area contributed by atoms with Crippen LogP contribution in [0.1, 0.15) is 18.4 Å². The van der Waals surface area contributed by atoms with Crippen LogP contribution >= 0.6 is 0 Å². The van der Waals surface area contributed by atoms with Crippen LogP contribution in [-0.4, -0.2) is 49.3 Å². The van der Waals surface area contributed by atoms with Crippen molar-refractivity contribution in [1.82, 2.24) is 9.88 Å². The van der Waals surface area contributed by atoms with Gasteiger partial charge in [0.25, 0.3) is 0 Å². The number of fused-ring (bicyclic) bond motifs is 3. The molecule has 0 spiro atoms. The molecule has 3 heterocycles. The fraction of sp³-hybridized carbons (Fsp3) is 0.526. The zero-order valence-electron chi connectivity index (χ0n) is 14.2. The van der Waals surface area contributed by atoms with Crippen molar-refractivity contribution in [3.05, 3.63) is 30.0 Å². The molecular formula is C19H25N3O2. The van der Waals surface area contributed by atoms with Gasteiger partial charge in [0.05, 0.1) is 25.4 Å². The molecule has 0 aliphatic carbocycles. The van der Waals surface area contributed by atoms with E-state index >= 15 is 0 Å². The molecule has 2 aliphatic rings. The van der Waals surface area contributed by atoms with Crippen LogP contribution in [0.3, 0.4) is 0 Å². The van der Waals surface area contributed by atoms with E-state index in [4.69, 9.17) is 15.2 Å². The molecule has 5 heteroatoms. The van der Waals surface area contributed by atoms with E-state index in [9.17, 15) is 0 Å². The van der Waals surface area contributed by atoms with Crippen LogP contribution in [0, 0.1) is 5.92 Å². The fourth-order valence-corrected chi connectivity index (χ4v) is 3.84. The van der Waals surface area contributed by atoms with Gasteiger partial charge < -0.3 is 20.1 Å². The Morgan fingerprint density at radius 3 is 2.96 bits per heavy atom. The lowest BCUT2D eigenvalue weighted by Gasteiger charge is -2.34. The number of pyridine rings is 1. The number of nitrogens with zero attached hydrogens (tertiary/aromatic N) is 2. The second-order valence-electron chi connectivity index (χ2n) is 7.00. The zero-order chi connectivity index (χ0) is 16.5. The van der Waals surface area contributed by atoms with E-state index in [0.29, 0.717) is 12.0 Å². The monoisotopic (exact) mass is 327 g/mol. The van der Waals surface area contributed by atoms with E-state index in [2.05, 4.69) is 16.0 Å². The Morgan fingerprint density at radius 1 is 1.33 bits per heavy atom. The number of methoxy groups -OCH3 is 1. The van der Waals surface area contributed by atoms with Crippen molar-refractivity contribution < 1.29 is 9.47 Å². The van der Waals surface area contributed by atoms with E-state index in [0.717, 1.165) is 67.9 Å². The molecule has 0 radical (unpaired) electrons. The van der Waals surface area contributed by atoms with Gasteiger partial charge in [0.15, 0.2) is 0 Å². The van der Waals surface area contributed by atoms with Crippen LogP contribution in [0.5, 0.6) is 11.5 Å². The summed E-state index contributed by atoms with van der Waals surface area (Å²) in [5, 5.41) is 1.15. The zero-order valence-corrected chi connectivity index (χ0v) is 14.2. The third kappa shape index (κ3) is 3.06. The van der Waals surface area contributed by atoms with Crippen molar-refractivity contribution in [2.24, 2.45) is 11.7 Å². The highest BCUT2D eigenvalue weighted by molar-refractivity contribution is 5.85. The van der Waals surface area contributed by atoms with Gasteiger partial charge in [-0.1, -0.05) is 0 Å². The first-order valence-corrected chi connectivity index (χ1v) is 8.79. The van der Waals surface area contributed by atoms with Crippen LogP contribution < -0.4 is 15.2 Å². The molecule has 24 heavy (non-hydrogen) atoms. The lowest BCUT2D eigenvalue weighted by Crippen LogP contribution is -2.43. The average Bonchev–Trinajstić information content (AvgIpc) is 2.63. The predicted molar refractivity (Wildman–Crippen MR) is 94.6 cm³/mol. The van der Waals surface area contributed by atoms with Crippen LogP contribution in [0.25, 0.3) is 10.9 Å². The lowest BCUT2D eigenvalue weighted by molar-refractivity contribution is 0.138. The molecule has 1 saturated heterocycles. The maximum Gasteiger partial charge on any atom is 0.141 e. The normalized spacial score (nSPS) is 22.2. The van der Waals surface area contributed by atoms with Crippen molar-refractivity contribution in [3.63, 3.8) is 0 Å². The standard InChI is InChI=1S/C19H25N3O2/c1-23-15-2-3-18-16(9-15)17-8-13(12-24-19(17)10-21-18)11-22-6-4-14(20)5-7-22/h2-3,9-10,13-14H,4-8,11-12,20H2,1H3. The smallest absolute Gasteiger partial charge is 0.141 e. The molecule has 0 amide bonds. The molecule has 1 unspecified atom stereocenters. The third-order valence-electron chi connectivity index (χ3n) is 5.26. The average molecular weight is 327 g/mol. The molecule has 0 bridgehead atoms. The van der Waals surface area contributed by atoms with Gasteiger partial charge in [-0.05, 0) is 50.6 Å². The van der Waals surface area contributed by atoms with Gasteiger partial charge in [-0.25, -0.2) is 0 Å². The molecule has 0 saturated carbocycles. The third-order valence-corrected chi connectivity index (χ3v) is 5.26. The summed E-state index contributed by atoms with van der Waals surface area (Å²) in [7, 11) is 1.70. The van der Waals surface area contributed by atoms with Gasteiger partial charge in [0.2, 0.25) is 0 Å². The van der Waals surface area contributed by atoms with Crippen LogP contribution in [0.4, 0.5) is 0 Å². The summed E-state index contributed by atoms with van der Waals surface area (Å²) in [5.74, 6) is 2.31. The number of nitrogens with two attached hydrogens (primary N) is 1. The predicted octanol–water partition coefficient (Wildman–Crippen LogP) is 2.22. The van der Waals surface area contributed by atoms with E-state index in [-0.39, 0.29) is 0 Å². The summed E-state index contributed by atoms with van der Waals surface area (Å²) in [4.78, 5) is 7.05. The summed E-state index contributed by atoms with van der Waals surface area (Å²) in [6.07, 6.45) is 5.10. The Labute approximate surface area is 142 Å². The Morgan fingerprint density at radius 2 is 2.17 bits per heavy atom. The first kappa shape index (κ1) is 15.7. The molecule has 1 aromatic carbocycles. The van der Waals surface area contributed by atoms with Gasteiger partial charge >= 0.3 is 0 Å². The lowest BCUT2D eigenvalue weighted by atomic mass is 9.93. The number of aromatic nitrogens is 1. The van der Waals surface area contributed by atoms with Gasteiger partial charge in [-0.2, -0.15) is 0 Å². The Kier molecular flexibility index (Phi) is 4.29. The highest BCUT2D eigenvalue weighted by Crippen LogP contribution is 2.34. The highest BCUT2D eigenvalue weighted by atomic mass is 16.5. The molecule has 1 fully saturated rings. The van der Waals surface area contributed by atoms with Crippen molar-refractivity contribution >= 4 is 10.9 Å². The highest BCUT2D eigenvalue weighted by Gasteiger charge is 2.26. The Balaban J connectivity index is 1.55. The summed E-state index contributed by atoms with van der Waals surface area (Å²) in [5.41, 5.74) is 8.28. The maximum absolute atomic E-state index is 6.03. The van der Waals surface area contributed by atoms with E-state index < -0.39 is 0 Å². The minimum atomic E-state index is 0.382. The molecule has 4 rings (SSSR count). The molecule has 128 valence electrons. The van der Waals surface area contributed by atoms with Crippen LogP contribution in [0.15, 0.2) is 24.4 Å². The number of piperidine rings is 1. The molecule has 5 nitrogen and oxygen atoms in total. The first-order valence-electron chi connectivity index (χ1n) is 8.79. The summed E-state index contributed by atoms with van der Waals surface area (Å²) >= 11 is 0. The van der Waals surface area contributed by atoms with Gasteiger partial charge in [0, 0.05) is 29.5 Å². The minimum absolute atomic E-state index is 0.382. The van der Waals surface area contributed by atoms with Gasteiger partial charge in [-0.15, -0.1) is 0 Å². The first-order chi connectivity index (χ1) is 11.7. The summed E-state index contributed by atoms with van der Waals surface area (Å²) in [6.45, 7) is 4.07. The van der Waals surface area contributed by atoms with Gasteiger partial charge in [0.1, 0.15) is 11.5 Å². The number of hydrogen-bond donors (Lipinski definition) is 1. The van der Waals surface area contributed by atoms with Crippen molar-refractivity contribution in [2.45, 2.75) is 25.3 Å². The van der Waals surface area contributed by atoms with Crippen molar-refractivity contribution in [3.8, 4) is 11.5 Å². The molecule has 2 N–H and O–H groups in total. The quantitative estimate of drug-likeness (QED) is 0.937. The van der Waals surface area contributed by atoms with Crippen molar-refractivity contribution in [1.29, 1.82) is 0 Å². The number of hydrogen-bond acceptors (Lipinski definition) is 5. The number of benzene rings is 1. The van der Waals surface area contributed by atoms with E-state index in [1.165, 1.54) is 5.56 Å². The van der Waals surface area contributed by atoms with Crippen LogP contribution in [-0.2, 0) is 6.42 Å². The largest absolute Gasteiger partial charge is 0.497 e. The molecule has 1 aromatic heterocycles.